The molecule has 2 saturated heterocycles. The molecule has 0 aromatic carbocycles. The molecule has 0 saturated carbocycles. The van der Waals surface area contributed by atoms with E-state index < -0.39 is 0 Å². The van der Waals surface area contributed by atoms with E-state index in [2.05, 4.69) is 13.8 Å². The van der Waals surface area contributed by atoms with E-state index >= 15 is 0 Å². The molecule has 0 radical (unpaired) electrons. The van der Waals surface area contributed by atoms with Crippen molar-refractivity contribution in [3.05, 3.63) is 0 Å². The van der Waals surface area contributed by atoms with Crippen molar-refractivity contribution in [3.8, 4) is 0 Å². The lowest BCUT2D eigenvalue weighted by atomic mass is 10.1. The molecular weight excluding hydrogens is 238 g/mol. The molecule has 0 aromatic rings. The first-order valence-corrected chi connectivity index (χ1v) is 8.31. The fourth-order valence-corrected chi connectivity index (χ4v) is 4.05. The van der Waals surface area contributed by atoms with Crippen LogP contribution >= 0.6 is 23.5 Å². The first-order chi connectivity index (χ1) is 7.58. The normalized spacial score (nSPS) is 35.2. The molecule has 2 nitrogen and oxygen atoms in total. The van der Waals surface area contributed by atoms with E-state index in [4.69, 9.17) is 5.73 Å². The van der Waals surface area contributed by atoms with Gasteiger partial charge in [0, 0.05) is 18.2 Å². The zero-order valence-corrected chi connectivity index (χ0v) is 11.9. The molecule has 94 valence electrons. The standard InChI is InChI=1S/C6H13NS.C6H10OS/c2*1-5-2-6(7)4-8-3-5/h5-6H,2-4,7H2,1H3;5H,2-4H2,1H3. The van der Waals surface area contributed by atoms with Crippen LogP contribution in [0.15, 0.2) is 0 Å². The fraction of sp³-hybridized carbons (Fsp3) is 0.917. The van der Waals surface area contributed by atoms with Crippen LogP contribution in [0.3, 0.4) is 0 Å². The van der Waals surface area contributed by atoms with E-state index in [0.29, 0.717) is 17.7 Å². The third-order valence-electron chi connectivity index (χ3n) is 2.68. The smallest absolute Gasteiger partial charge is 0.143 e. The second kappa shape index (κ2) is 7.62. The molecule has 2 aliphatic heterocycles. The van der Waals surface area contributed by atoms with Crippen LogP contribution in [0.4, 0.5) is 0 Å². The van der Waals surface area contributed by atoms with Crippen LogP contribution in [-0.2, 0) is 4.79 Å². The highest BCUT2D eigenvalue weighted by atomic mass is 32.2. The van der Waals surface area contributed by atoms with Gasteiger partial charge in [-0.2, -0.15) is 23.5 Å². The summed E-state index contributed by atoms with van der Waals surface area (Å²) in [6, 6.07) is 0.476. The average molecular weight is 261 g/mol. The molecule has 4 heteroatoms. The summed E-state index contributed by atoms with van der Waals surface area (Å²) in [6.07, 6.45) is 2.04. The van der Waals surface area contributed by atoms with Gasteiger partial charge in [-0.05, 0) is 29.8 Å². The molecule has 2 rings (SSSR count). The highest BCUT2D eigenvalue weighted by Gasteiger charge is 2.15. The van der Waals surface area contributed by atoms with E-state index in [0.717, 1.165) is 18.1 Å². The molecule has 2 heterocycles. The number of Topliss-reactive ketones (excluding diaryl/α,β-unsaturated/α-hetero) is 1. The number of hydrogen-bond acceptors (Lipinski definition) is 4. The molecule has 0 bridgehead atoms. The number of ketones is 1. The SMILES string of the molecule is CC1CSCC(=O)C1.CC1CSCC(N)C1. The molecule has 2 aliphatic rings. The van der Waals surface area contributed by atoms with Crippen molar-refractivity contribution in [1.29, 1.82) is 0 Å². The zero-order chi connectivity index (χ0) is 12.0. The molecule has 0 spiro atoms. The Hall–Kier alpha value is 0.330. The Morgan fingerprint density at radius 2 is 1.81 bits per heavy atom. The third-order valence-corrected chi connectivity index (χ3v) is 5.48. The molecule has 0 aromatic heterocycles. The molecule has 3 unspecified atom stereocenters. The van der Waals surface area contributed by atoms with Crippen LogP contribution in [0.5, 0.6) is 0 Å². The molecule has 16 heavy (non-hydrogen) atoms. The largest absolute Gasteiger partial charge is 0.327 e. The fourth-order valence-electron chi connectivity index (χ4n) is 1.95. The minimum atomic E-state index is 0.425. The number of nitrogens with two attached hydrogens (primary N) is 1. The van der Waals surface area contributed by atoms with Gasteiger partial charge < -0.3 is 5.73 Å². The minimum Gasteiger partial charge on any atom is -0.327 e. The number of thioether (sulfide) groups is 2. The zero-order valence-electron chi connectivity index (χ0n) is 10.3. The molecule has 3 atom stereocenters. The summed E-state index contributed by atoms with van der Waals surface area (Å²) in [6.45, 7) is 4.40. The Kier molecular flexibility index (Phi) is 6.85. The van der Waals surface area contributed by atoms with E-state index in [9.17, 15) is 4.79 Å². The number of hydrogen-bond donors (Lipinski definition) is 1. The van der Waals surface area contributed by atoms with Gasteiger partial charge in [0.15, 0.2) is 0 Å². The van der Waals surface area contributed by atoms with E-state index in [1.165, 1.54) is 23.7 Å². The Morgan fingerprint density at radius 1 is 1.12 bits per heavy atom. The summed E-state index contributed by atoms with van der Waals surface area (Å²) in [5.41, 5.74) is 5.70. The summed E-state index contributed by atoms with van der Waals surface area (Å²) in [4.78, 5) is 10.7. The van der Waals surface area contributed by atoms with Gasteiger partial charge in [-0.1, -0.05) is 13.8 Å². The van der Waals surface area contributed by atoms with Crippen LogP contribution in [0.25, 0.3) is 0 Å². The van der Waals surface area contributed by atoms with Crippen molar-refractivity contribution in [1.82, 2.24) is 0 Å². The highest BCUT2D eigenvalue weighted by molar-refractivity contribution is 8.00. The monoisotopic (exact) mass is 261 g/mol. The summed E-state index contributed by atoms with van der Waals surface area (Å²) < 4.78 is 0. The maximum absolute atomic E-state index is 10.7. The van der Waals surface area contributed by atoms with Crippen molar-refractivity contribution < 1.29 is 4.79 Å². The molecular formula is C12H23NOS2. The van der Waals surface area contributed by atoms with Gasteiger partial charge in [-0.15, -0.1) is 0 Å². The van der Waals surface area contributed by atoms with Crippen LogP contribution in [0.2, 0.25) is 0 Å². The first kappa shape index (κ1) is 14.4. The van der Waals surface area contributed by atoms with Gasteiger partial charge in [0.1, 0.15) is 5.78 Å². The second-order valence-corrected chi connectivity index (χ2v) is 7.11. The minimum absolute atomic E-state index is 0.425. The Labute approximate surface area is 107 Å². The molecule has 2 N–H and O–H groups in total. The Morgan fingerprint density at radius 3 is 2.19 bits per heavy atom. The topological polar surface area (TPSA) is 43.1 Å². The van der Waals surface area contributed by atoms with Crippen molar-refractivity contribution in [2.75, 3.05) is 23.0 Å². The van der Waals surface area contributed by atoms with Crippen molar-refractivity contribution >= 4 is 29.3 Å². The highest BCUT2D eigenvalue weighted by Crippen LogP contribution is 2.20. The lowest BCUT2D eigenvalue weighted by Gasteiger charge is -2.22. The van der Waals surface area contributed by atoms with Crippen LogP contribution < -0.4 is 5.73 Å². The number of carbonyl (C=O) groups excluding carboxylic acids is 1. The summed E-state index contributed by atoms with van der Waals surface area (Å²) in [7, 11) is 0. The van der Waals surface area contributed by atoms with Gasteiger partial charge in [0.25, 0.3) is 0 Å². The number of rotatable bonds is 0. The maximum atomic E-state index is 10.7. The first-order valence-electron chi connectivity index (χ1n) is 6.00. The summed E-state index contributed by atoms with van der Waals surface area (Å²) >= 11 is 3.75. The van der Waals surface area contributed by atoms with Crippen LogP contribution in [0.1, 0.15) is 26.7 Å². The third kappa shape index (κ3) is 6.16. The van der Waals surface area contributed by atoms with Gasteiger partial charge >= 0.3 is 0 Å². The second-order valence-electron chi connectivity index (χ2n) is 5.00. The van der Waals surface area contributed by atoms with Gasteiger partial charge in [0.2, 0.25) is 0 Å². The Bertz CT molecular complexity index is 215. The van der Waals surface area contributed by atoms with Crippen molar-refractivity contribution in [3.63, 3.8) is 0 Å². The number of carbonyl (C=O) groups is 1. The van der Waals surface area contributed by atoms with E-state index in [1.807, 2.05) is 11.8 Å². The van der Waals surface area contributed by atoms with Gasteiger partial charge in [-0.25, -0.2) is 0 Å². The lowest BCUT2D eigenvalue weighted by molar-refractivity contribution is -0.117. The van der Waals surface area contributed by atoms with Crippen molar-refractivity contribution in [2.45, 2.75) is 32.7 Å². The predicted octanol–water partition coefficient (Wildman–Crippen LogP) is 2.42. The molecule has 0 amide bonds. The predicted molar refractivity (Wildman–Crippen MR) is 75.2 cm³/mol. The van der Waals surface area contributed by atoms with Gasteiger partial charge in [0.05, 0.1) is 5.75 Å². The average Bonchev–Trinajstić information content (AvgIpc) is 2.17. The lowest BCUT2D eigenvalue weighted by Crippen LogP contribution is -2.30. The van der Waals surface area contributed by atoms with E-state index in [1.54, 1.807) is 11.8 Å². The van der Waals surface area contributed by atoms with Crippen LogP contribution in [-0.4, -0.2) is 34.8 Å². The quantitative estimate of drug-likeness (QED) is 0.727. The van der Waals surface area contributed by atoms with Crippen molar-refractivity contribution in [2.24, 2.45) is 17.6 Å². The summed E-state index contributed by atoms with van der Waals surface area (Å²) in [5.74, 6) is 6.31. The summed E-state index contributed by atoms with van der Waals surface area (Å²) in [5, 5.41) is 0. The van der Waals surface area contributed by atoms with Crippen LogP contribution in [0, 0.1) is 11.8 Å². The van der Waals surface area contributed by atoms with Gasteiger partial charge in [-0.3, -0.25) is 4.79 Å². The molecule has 2 fully saturated rings. The van der Waals surface area contributed by atoms with E-state index in [-0.39, 0.29) is 0 Å². The Balaban J connectivity index is 0.000000160. The molecule has 0 aliphatic carbocycles. The maximum Gasteiger partial charge on any atom is 0.143 e.